The van der Waals surface area contributed by atoms with Crippen molar-refractivity contribution < 1.29 is 9.84 Å². The van der Waals surface area contributed by atoms with E-state index in [-0.39, 0.29) is 0 Å². The molecule has 27 heavy (non-hydrogen) atoms. The molecule has 1 aliphatic heterocycles. The smallest absolute Gasteiger partial charge is 0.129 e. The lowest BCUT2D eigenvalue weighted by Gasteiger charge is -2.38. The van der Waals surface area contributed by atoms with Gasteiger partial charge in [-0.05, 0) is 55.6 Å². The molecule has 2 heterocycles. The maximum Gasteiger partial charge on any atom is 0.129 e. The van der Waals surface area contributed by atoms with Crippen LogP contribution in [0.2, 0.25) is 5.02 Å². The van der Waals surface area contributed by atoms with Gasteiger partial charge in [-0.3, -0.25) is 0 Å². The molecule has 4 rings (SSSR count). The van der Waals surface area contributed by atoms with Crippen LogP contribution >= 0.6 is 34.7 Å². The molecule has 1 N–H and O–H groups in total. The Morgan fingerprint density at radius 2 is 1.78 bits per heavy atom. The number of halogens is 1. The average molecular weight is 415 g/mol. The molecular weight excluding hydrogens is 396 g/mol. The highest BCUT2D eigenvalue weighted by Gasteiger charge is 2.39. The van der Waals surface area contributed by atoms with Crippen LogP contribution in [0.15, 0.2) is 76.5 Å². The lowest BCUT2D eigenvalue weighted by atomic mass is 9.87. The summed E-state index contributed by atoms with van der Waals surface area (Å²) in [5.41, 5.74) is 1.25. The van der Waals surface area contributed by atoms with Crippen molar-refractivity contribution >= 4 is 39.6 Å². The van der Waals surface area contributed by atoms with E-state index in [1.807, 2.05) is 79.9 Å². The summed E-state index contributed by atoms with van der Waals surface area (Å²) >= 11 is 9.24. The van der Waals surface area contributed by atoms with Gasteiger partial charge in [-0.15, -0.1) is 11.3 Å². The minimum Gasteiger partial charge on any atom is -0.483 e. The lowest BCUT2D eigenvalue weighted by Crippen LogP contribution is -2.37. The summed E-state index contributed by atoms with van der Waals surface area (Å²) in [5, 5.41) is 13.9. The van der Waals surface area contributed by atoms with Gasteiger partial charge >= 0.3 is 0 Å². The molecule has 0 bridgehead atoms. The number of hydrogen-bond donors (Lipinski definition) is 1. The zero-order chi connectivity index (χ0) is 19.0. The van der Waals surface area contributed by atoms with Crippen LogP contribution < -0.4 is 4.74 Å². The van der Waals surface area contributed by atoms with E-state index < -0.39 is 11.7 Å². The average Bonchev–Trinajstić information content (AvgIpc) is 3.17. The SMILES string of the molecule is CC1(C)Oc2ccccc2C(Sc2ccc(Cl)cc2)=C1C(O)c1cccs1. The first-order chi connectivity index (χ1) is 13.0. The normalized spacial score (nSPS) is 16.6. The summed E-state index contributed by atoms with van der Waals surface area (Å²) in [5.74, 6) is 0.834. The second-order valence-corrected chi connectivity index (χ2v) is 9.32. The van der Waals surface area contributed by atoms with E-state index in [1.165, 1.54) is 0 Å². The van der Waals surface area contributed by atoms with Crippen LogP contribution in [-0.4, -0.2) is 10.7 Å². The number of ether oxygens (including phenoxy) is 1. The van der Waals surface area contributed by atoms with Gasteiger partial charge in [0, 0.05) is 30.8 Å². The number of rotatable bonds is 4. The second-order valence-electron chi connectivity index (χ2n) is 6.83. The second kappa shape index (κ2) is 7.36. The summed E-state index contributed by atoms with van der Waals surface area (Å²) in [6, 6.07) is 19.7. The molecule has 0 saturated heterocycles. The quantitative estimate of drug-likeness (QED) is 0.508. The summed E-state index contributed by atoms with van der Waals surface area (Å²) in [6.45, 7) is 4.02. The molecule has 0 amide bonds. The van der Waals surface area contributed by atoms with Crippen LogP contribution in [0.1, 0.15) is 30.4 Å². The maximum absolute atomic E-state index is 11.2. The third-order valence-electron chi connectivity index (χ3n) is 4.51. The predicted octanol–water partition coefficient (Wildman–Crippen LogP) is 6.81. The van der Waals surface area contributed by atoms with Crippen molar-refractivity contribution in [3.05, 3.63) is 87.1 Å². The van der Waals surface area contributed by atoms with Gasteiger partial charge in [0.2, 0.25) is 0 Å². The van der Waals surface area contributed by atoms with E-state index >= 15 is 0 Å². The van der Waals surface area contributed by atoms with Gasteiger partial charge in [-0.2, -0.15) is 0 Å². The fraction of sp³-hybridized carbons (Fsp3) is 0.182. The van der Waals surface area contributed by atoms with Crippen molar-refractivity contribution in [2.45, 2.75) is 30.4 Å². The maximum atomic E-state index is 11.2. The number of aliphatic hydroxyl groups excluding tert-OH is 1. The van der Waals surface area contributed by atoms with Crippen molar-refractivity contribution in [3.8, 4) is 5.75 Å². The van der Waals surface area contributed by atoms with Crippen molar-refractivity contribution in [2.75, 3.05) is 0 Å². The molecule has 0 aliphatic carbocycles. The predicted molar refractivity (Wildman–Crippen MR) is 115 cm³/mol. The fourth-order valence-electron chi connectivity index (χ4n) is 3.26. The first kappa shape index (κ1) is 18.6. The third kappa shape index (κ3) is 3.67. The molecule has 3 aromatic rings. The highest BCUT2D eigenvalue weighted by atomic mass is 35.5. The Hall–Kier alpha value is -1.72. The number of thiophene rings is 1. The molecule has 138 valence electrons. The molecule has 2 aromatic carbocycles. The number of hydrogen-bond acceptors (Lipinski definition) is 4. The highest BCUT2D eigenvalue weighted by molar-refractivity contribution is 8.08. The molecular formula is C22H19ClO2S2. The Bertz CT molecular complexity index is 976. The Morgan fingerprint density at radius 1 is 1.04 bits per heavy atom. The molecule has 0 spiro atoms. The minimum absolute atomic E-state index is 0.632. The Morgan fingerprint density at radius 3 is 2.48 bits per heavy atom. The van der Waals surface area contributed by atoms with Crippen molar-refractivity contribution in [3.63, 3.8) is 0 Å². The number of benzene rings is 2. The first-order valence-corrected chi connectivity index (χ1v) is 10.7. The first-order valence-electron chi connectivity index (χ1n) is 8.63. The van der Waals surface area contributed by atoms with Gasteiger partial charge in [-0.25, -0.2) is 0 Å². The van der Waals surface area contributed by atoms with Crippen LogP contribution in [0.3, 0.4) is 0 Å². The van der Waals surface area contributed by atoms with E-state index in [0.717, 1.165) is 31.6 Å². The highest BCUT2D eigenvalue weighted by Crippen LogP contribution is 2.51. The topological polar surface area (TPSA) is 29.5 Å². The minimum atomic E-state index is -0.719. The van der Waals surface area contributed by atoms with Gasteiger partial charge < -0.3 is 9.84 Å². The number of thioether (sulfide) groups is 1. The van der Waals surface area contributed by atoms with Crippen molar-refractivity contribution in [2.24, 2.45) is 0 Å². The van der Waals surface area contributed by atoms with Gasteiger partial charge in [0.25, 0.3) is 0 Å². The van der Waals surface area contributed by atoms with Crippen LogP contribution in [0.25, 0.3) is 4.91 Å². The van der Waals surface area contributed by atoms with Gasteiger partial charge in [-0.1, -0.05) is 47.6 Å². The molecule has 0 fully saturated rings. The third-order valence-corrected chi connectivity index (χ3v) is 6.84. The fourth-order valence-corrected chi connectivity index (χ4v) is 5.36. The van der Waals surface area contributed by atoms with Crippen molar-refractivity contribution in [1.29, 1.82) is 0 Å². The Balaban J connectivity index is 1.90. The van der Waals surface area contributed by atoms with E-state index in [0.29, 0.717) is 5.02 Å². The monoisotopic (exact) mass is 414 g/mol. The van der Waals surface area contributed by atoms with Gasteiger partial charge in [0.1, 0.15) is 17.5 Å². The molecule has 1 aromatic heterocycles. The van der Waals surface area contributed by atoms with E-state index in [1.54, 1.807) is 23.1 Å². The lowest BCUT2D eigenvalue weighted by molar-refractivity contribution is 0.100. The molecule has 1 unspecified atom stereocenters. The summed E-state index contributed by atoms with van der Waals surface area (Å²) in [6.07, 6.45) is -0.719. The zero-order valence-corrected chi connectivity index (χ0v) is 17.4. The summed E-state index contributed by atoms with van der Waals surface area (Å²) in [4.78, 5) is 3.01. The molecule has 2 nitrogen and oxygen atoms in total. The van der Waals surface area contributed by atoms with Crippen molar-refractivity contribution in [1.82, 2.24) is 0 Å². The standard InChI is InChI=1S/C22H19ClO2S2/c1-22(2)19(20(24)18-8-5-13-26-18)21(16-6-3-4-7-17(16)25-22)27-15-11-9-14(23)10-12-15/h3-13,20,24H,1-2H3. The number of para-hydroxylation sites is 1. The summed E-state index contributed by atoms with van der Waals surface area (Å²) in [7, 11) is 0. The Kier molecular flexibility index (Phi) is 5.08. The van der Waals surface area contributed by atoms with Crippen LogP contribution in [-0.2, 0) is 0 Å². The number of fused-ring (bicyclic) bond motifs is 1. The zero-order valence-electron chi connectivity index (χ0n) is 15.0. The number of aliphatic hydroxyl groups is 1. The van der Waals surface area contributed by atoms with Crippen LogP contribution in [0.4, 0.5) is 0 Å². The largest absolute Gasteiger partial charge is 0.483 e. The molecule has 1 aliphatic rings. The summed E-state index contributed by atoms with van der Waals surface area (Å²) < 4.78 is 6.29. The molecule has 5 heteroatoms. The van der Waals surface area contributed by atoms with Crippen LogP contribution in [0, 0.1) is 0 Å². The van der Waals surface area contributed by atoms with Crippen LogP contribution in [0.5, 0.6) is 5.75 Å². The van der Waals surface area contributed by atoms with Gasteiger partial charge in [0.15, 0.2) is 0 Å². The Labute approximate surface area is 172 Å². The van der Waals surface area contributed by atoms with E-state index in [9.17, 15) is 5.11 Å². The molecule has 0 saturated carbocycles. The van der Waals surface area contributed by atoms with E-state index in [4.69, 9.17) is 16.3 Å². The molecule has 1 atom stereocenters. The van der Waals surface area contributed by atoms with E-state index in [2.05, 4.69) is 0 Å². The van der Waals surface area contributed by atoms with Gasteiger partial charge in [0.05, 0.1) is 0 Å². The molecule has 0 radical (unpaired) electrons.